The molecule has 6 nitrogen and oxygen atoms in total. The monoisotopic (exact) mass is 537 g/mol. The van der Waals surface area contributed by atoms with Gasteiger partial charge in [-0.05, 0) is 85.4 Å². The number of carboxylic acid groups (broad SMARTS) is 1. The number of amides is 1. The summed E-state index contributed by atoms with van der Waals surface area (Å²) in [4.78, 5) is 40.6. The van der Waals surface area contributed by atoms with Crippen LogP contribution in [0.3, 0.4) is 0 Å². The normalized spacial score (nSPS) is 24.1. The van der Waals surface area contributed by atoms with Gasteiger partial charge < -0.3 is 14.4 Å². The molecule has 0 radical (unpaired) electrons. The average Bonchev–Trinajstić information content (AvgIpc) is 3.57. The predicted octanol–water partition coefficient (Wildman–Crippen LogP) is 6.18. The molecule has 1 amide bonds. The second kappa shape index (κ2) is 11.3. The predicted molar refractivity (Wildman–Crippen MR) is 142 cm³/mol. The third kappa shape index (κ3) is 5.60. The molecule has 2 heterocycles. The van der Waals surface area contributed by atoms with E-state index in [0.717, 1.165) is 18.4 Å². The third-order valence-electron chi connectivity index (χ3n) is 8.65. The maximum absolute atomic E-state index is 13.9. The standard InChI is InChI=1S/C31H33F2NO5/c1-18(17-32)20-3-5-22(6-4-20)30(36)34-13-12-25(21-7-9-24(33)10-8-21)29(34)26(35)15-19-2-11-27-23(14-19)16-28(39-27)31(37)38/h2,7-11,14,16,18,20,22,25,29H,3-6,12-13,15,17H2,1H3,(H,37,38)/t18?,20?,22?,25-,29-/m0/s1. The number of fused-ring (bicyclic) bond motifs is 1. The van der Waals surface area contributed by atoms with E-state index in [-0.39, 0.29) is 60.0 Å². The number of ketones is 1. The maximum Gasteiger partial charge on any atom is 0.371 e. The topological polar surface area (TPSA) is 87.8 Å². The number of furan rings is 1. The molecule has 1 saturated heterocycles. The molecule has 1 N–H and O–H groups in total. The number of rotatable bonds is 8. The van der Waals surface area contributed by atoms with Gasteiger partial charge in [0.1, 0.15) is 11.4 Å². The summed E-state index contributed by atoms with van der Waals surface area (Å²) in [5, 5.41) is 9.81. The van der Waals surface area contributed by atoms with Crippen LogP contribution in [0.2, 0.25) is 0 Å². The molecule has 39 heavy (non-hydrogen) atoms. The fraction of sp³-hybridized carbons (Fsp3) is 0.452. The Hall–Kier alpha value is -3.55. The summed E-state index contributed by atoms with van der Waals surface area (Å²) in [6, 6.07) is 12.0. The zero-order chi connectivity index (χ0) is 27.7. The van der Waals surface area contributed by atoms with Crippen molar-refractivity contribution in [3.63, 3.8) is 0 Å². The van der Waals surface area contributed by atoms with Gasteiger partial charge in [-0.3, -0.25) is 14.0 Å². The molecule has 1 unspecified atom stereocenters. The smallest absolute Gasteiger partial charge is 0.371 e. The Balaban J connectivity index is 1.38. The number of hydrogen-bond donors (Lipinski definition) is 1. The molecule has 2 fully saturated rings. The van der Waals surface area contributed by atoms with E-state index in [4.69, 9.17) is 4.42 Å². The molecule has 5 rings (SSSR count). The first kappa shape index (κ1) is 27.0. The van der Waals surface area contributed by atoms with Gasteiger partial charge in [0.2, 0.25) is 11.7 Å². The van der Waals surface area contributed by atoms with E-state index in [0.29, 0.717) is 42.3 Å². The minimum atomic E-state index is -1.17. The Morgan fingerprint density at radius 3 is 2.41 bits per heavy atom. The number of halogens is 2. The van der Waals surface area contributed by atoms with Gasteiger partial charge in [0.05, 0.1) is 12.7 Å². The van der Waals surface area contributed by atoms with E-state index in [1.807, 2.05) is 6.92 Å². The number of carbonyl (C=O) groups is 3. The van der Waals surface area contributed by atoms with Crippen molar-refractivity contribution in [3.8, 4) is 0 Å². The summed E-state index contributed by atoms with van der Waals surface area (Å²) >= 11 is 0. The number of carboxylic acids is 1. The number of nitrogens with zero attached hydrogens (tertiary/aromatic N) is 1. The molecule has 8 heteroatoms. The number of Topliss-reactive ketones (excluding diaryl/α,β-unsaturated/α-hetero) is 1. The van der Waals surface area contributed by atoms with Gasteiger partial charge in [-0.15, -0.1) is 0 Å². The van der Waals surface area contributed by atoms with Crippen LogP contribution in [-0.2, 0) is 16.0 Å². The van der Waals surface area contributed by atoms with Gasteiger partial charge in [0, 0.05) is 30.2 Å². The minimum absolute atomic E-state index is 0.0100. The van der Waals surface area contributed by atoms with Crippen molar-refractivity contribution in [2.45, 2.75) is 57.4 Å². The maximum atomic E-state index is 13.9. The molecule has 1 aliphatic carbocycles. The van der Waals surface area contributed by atoms with Gasteiger partial charge in [0.25, 0.3) is 0 Å². The van der Waals surface area contributed by atoms with Crippen molar-refractivity contribution in [2.75, 3.05) is 13.2 Å². The lowest BCUT2D eigenvalue weighted by Crippen LogP contribution is -2.46. The zero-order valence-corrected chi connectivity index (χ0v) is 21.9. The summed E-state index contributed by atoms with van der Waals surface area (Å²) in [6.07, 6.45) is 3.66. The van der Waals surface area contributed by atoms with Gasteiger partial charge in [0.15, 0.2) is 5.78 Å². The van der Waals surface area contributed by atoms with Crippen LogP contribution in [0.4, 0.5) is 8.78 Å². The first-order valence-corrected chi connectivity index (χ1v) is 13.7. The van der Waals surface area contributed by atoms with Crippen molar-refractivity contribution >= 4 is 28.6 Å². The lowest BCUT2D eigenvalue weighted by Gasteiger charge is -2.35. The number of hydrogen-bond acceptors (Lipinski definition) is 4. The van der Waals surface area contributed by atoms with E-state index in [1.165, 1.54) is 18.2 Å². The molecular weight excluding hydrogens is 504 g/mol. The summed E-state index contributed by atoms with van der Waals surface area (Å²) in [6.45, 7) is 2.01. The van der Waals surface area contributed by atoms with Crippen LogP contribution in [0.15, 0.2) is 52.9 Å². The lowest BCUT2D eigenvalue weighted by molar-refractivity contribution is -0.142. The Labute approximate surface area is 226 Å². The van der Waals surface area contributed by atoms with E-state index in [1.54, 1.807) is 35.2 Å². The summed E-state index contributed by atoms with van der Waals surface area (Å²) in [7, 11) is 0. The molecule has 1 aliphatic heterocycles. The van der Waals surface area contributed by atoms with Crippen molar-refractivity contribution in [1.29, 1.82) is 0 Å². The number of alkyl halides is 1. The average molecular weight is 538 g/mol. The molecule has 2 aromatic carbocycles. The number of aromatic carboxylic acids is 1. The van der Waals surface area contributed by atoms with Crippen LogP contribution in [0.25, 0.3) is 11.0 Å². The van der Waals surface area contributed by atoms with E-state index in [9.17, 15) is 28.3 Å². The molecule has 1 saturated carbocycles. The van der Waals surface area contributed by atoms with Gasteiger partial charge in [-0.1, -0.05) is 25.1 Å². The molecule has 1 aromatic heterocycles. The van der Waals surface area contributed by atoms with Crippen LogP contribution in [0.5, 0.6) is 0 Å². The SMILES string of the molecule is CC(CF)C1CCC(C(=O)N2CC[C@@H](c3ccc(F)cc3)[C@H]2C(=O)Cc2ccc3oc(C(=O)O)cc3c2)CC1. The fourth-order valence-corrected chi connectivity index (χ4v) is 6.41. The molecular formula is C31H33F2NO5. The zero-order valence-electron chi connectivity index (χ0n) is 21.9. The Bertz CT molecular complexity index is 1360. The Kier molecular flexibility index (Phi) is 7.82. The van der Waals surface area contributed by atoms with E-state index in [2.05, 4.69) is 0 Å². The van der Waals surface area contributed by atoms with Gasteiger partial charge in [-0.25, -0.2) is 9.18 Å². The highest BCUT2D eigenvalue weighted by Gasteiger charge is 2.44. The van der Waals surface area contributed by atoms with E-state index < -0.39 is 12.0 Å². The van der Waals surface area contributed by atoms with Crippen molar-refractivity contribution in [2.24, 2.45) is 17.8 Å². The van der Waals surface area contributed by atoms with Crippen molar-refractivity contribution in [1.82, 2.24) is 4.90 Å². The largest absolute Gasteiger partial charge is 0.475 e. The quantitative estimate of drug-likeness (QED) is 0.371. The number of likely N-dealkylation sites (tertiary alicyclic amines) is 1. The lowest BCUT2D eigenvalue weighted by atomic mass is 9.76. The molecule has 3 atom stereocenters. The molecule has 206 valence electrons. The second-order valence-corrected chi connectivity index (χ2v) is 11.1. The Morgan fingerprint density at radius 1 is 1.03 bits per heavy atom. The summed E-state index contributed by atoms with van der Waals surface area (Å²) in [5.41, 5.74) is 1.94. The van der Waals surface area contributed by atoms with Crippen LogP contribution in [0, 0.1) is 23.6 Å². The van der Waals surface area contributed by atoms with Crippen LogP contribution >= 0.6 is 0 Å². The Morgan fingerprint density at radius 2 is 1.74 bits per heavy atom. The molecule has 2 aliphatic rings. The number of carbonyl (C=O) groups excluding carboxylic acids is 2. The van der Waals surface area contributed by atoms with Gasteiger partial charge in [-0.2, -0.15) is 0 Å². The first-order chi connectivity index (χ1) is 18.7. The molecule has 0 spiro atoms. The highest BCUT2D eigenvalue weighted by atomic mass is 19.1. The molecule has 3 aromatic rings. The van der Waals surface area contributed by atoms with Crippen LogP contribution in [0.1, 0.15) is 66.6 Å². The minimum Gasteiger partial charge on any atom is -0.475 e. The second-order valence-electron chi connectivity index (χ2n) is 11.1. The van der Waals surface area contributed by atoms with Crippen LogP contribution < -0.4 is 0 Å². The third-order valence-corrected chi connectivity index (χ3v) is 8.65. The summed E-state index contributed by atoms with van der Waals surface area (Å²) in [5.74, 6) is -2.01. The summed E-state index contributed by atoms with van der Waals surface area (Å²) < 4.78 is 32.2. The highest BCUT2D eigenvalue weighted by molar-refractivity contribution is 5.94. The number of benzene rings is 2. The van der Waals surface area contributed by atoms with Crippen molar-refractivity contribution < 1.29 is 32.7 Å². The van der Waals surface area contributed by atoms with Crippen LogP contribution in [-0.4, -0.2) is 46.9 Å². The first-order valence-electron chi connectivity index (χ1n) is 13.7. The van der Waals surface area contributed by atoms with Crippen molar-refractivity contribution in [3.05, 3.63) is 71.2 Å². The van der Waals surface area contributed by atoms with Gasteiger partial charge >= 0.3 is 5.97 Å². The highest BCUT2D eigenvalue weighted by Crippen LogP contribution is 2.39. The fourth-order valence-electron chi connectivity index (χ4n) is 6.41. The molecule has 0 bridgehead atoms. The van der Waals surface area contributed by atoms with E-state index >= 15 is 0 Å².